The van der Waals surface area contributed by atoms with Crippen LogP contribution in [0.25, 0.3) is 0 Å². The molecular formula is BF4La-. The molecule has 1 radical (unpaired) electrons. The van der Waals surface area contributed by atoms with E-state index in [9.17, 15) is 17.3 Å². The molecule has 0 spiro atoms. The fourth-order valence-corrected chi connectivity index (χ4v) is 0. The Kier molecular flexibility index (Phi) is 5.11. The van der Waals surface area contributed by atoms with Gasteiger partial charge in [-0.25, -0.2) is 0 Å². The van der Waals surface area contributed by atoms with Crippen molar-refractivity contribution in [2.24, 2.45) is 0 Å². The van der Waals surface area contributed by atoms with Crippen molar-refractivity contribution in [3.8, 4) is 0 Å². The maximum atomic E-state index is 9.75. The van der Waals surface area contributed by atoms with Gasteiger partial charge in [-0.3, -0.25) is 0 Å². The number of hydrogen-bond acceptors (Lipinski definition) is 0. The first-order valence-electron chi connectivity index (χ1n) is 0.873. The van der Waals surface area contributed by atoms with Crippen molar-refractivity contribution in [3.05, 3.63) is 0 Å². The molecule has 6 heteroatoms. The summed E-state index contributed by atoms with van der Waals surface area (Å²) in [6.45, 7) is 0. The Morgan fingerprint density at radius 3 is 0.833 bits per heavy atom. The first kappa shape index (κ1) is 10.1. The zero-order valence-corrected chi connectivity index (χ0v) is 6.29. The van der Waals surface area contributed by atoms with Crippen LogP contribution in [-0.4, -0.2) is 7.25 Å². The van der Waals surface area contributed by atoms with Crippen molar-refractivity contribution in [3.63, 3.8) is 0 Å². The Morgan fingerprint density at radius 1 is 0.833 bits per heavy atom. The molecule has 0 aliphatic rings. The summed E-state index contributed by atoms with van der Waals surface area (Å²) < 4.78 is 39.0. The summed E-state index contributed by atoms with van der Waals surface area (Å²) in [5.74, 6) is 0. The standard InChI is InChI=1S/BF4.La/c2-1(3,4)5;/q-1;. The number of rotatable bonds is 0. The van der Waals surface area contributed by atoms with Gasteiger partial charge in [-0.2, -0.15) is 0 Å². The quantitative estimate of drug-likeness (QED) is 0.431. The average molecular weight is 226 g/mol. The summed E-state index contributed by atoms with van der Waals surface area (Å²) in [5.41, 5.74) is 0. The molecule has 0 fully saturated rings. The van der Waals surface area contributed by atoms with E-state index in [0.29, 0.717) is 0 Å². The maximum absolute atomic E-state index is 9.75. The third-order valence-electron chi connectivity index (χ3n) is 0. The van der Waals surface area contributed by atoms with Gasteiger partial charge in [-0.1, -0.05) is 0 Å². The molecule has 0 amide bonds. The topological polar surface area (TPSA) is 0 Å². The average Bonchev–Trinajstić information content (AvgIpc) is 0.722. The molecule has 0 aromatic rings. The van der Waals surface area contributed by atoms with Gasteiger partial charge in [0.1, 0.15) is 0 Å². The Bertz CT molecular complexity index is 23.0. The molecule has 0 aliphatic heterocycles. The molecule has 0 saturated heterocycles. The van der Waals surface area contributed by atoms with Crippen LogP contribution < -0.4 is 0 Å². The molecule has 0 saturated carbocycles. The Labute approximate surface area is 60.0 Å². The third-order valence-corrected chi connectivity index (χ3v) is 0. The predicted octanol–water partition coefficient (Wildman–Crippen LogP) is 1.30. The van der Waals surface area contributed by atoms with E-state index in [-0.39, 0.29) is 35.6 Å². The largest absolute Gasteiger partial charge is 0.673 e. The van der Waals surface area contributed by atoms with Crippen LogP contribution >= 0.6 is 0 Å². The molecule has 35 valence electrons. The van der Waals surface area contributed by atoms with E-state index in [1.54, 1.807) is 0 Å². The third kappa shape index (κ3) is 82.2. The van der Waals surface area contributed by atoms with Gasteiger partial charge in [0.25, 0.3) is 0 Å². The van der Waals surface area contributed by atoms with Crippen LogP contribution in [0, 0.1) is 35.6 Å². The maximum Gasteiger partial charge on any atom is 0.673 e. The first-order chi connectivity index (χ1) is 2.00. The molecule has 0 aliphatic carbocycles. The van der Waals surface area contributed by atoms with Crippen LogP contribution in [-0.2, 0) is 0 Å². The van der Waals surface area contributed by atoms with Gasteiger partial charge in [0, 0.05) is 35.6 Å². The van der Waals surface area contributed by atoms with Crippen molar-refractivity contribution in [2.75, 3.05) is 0 Å². The number of hydrogen-bond donors (Lipinski definition) is 0. The first-order valence-corrected chi connectivity index (χ1v) is 0.873. The summed E-state index contributed by atoms with van der Waals surface area (Å²) in [4.78, 5) is 0. The van der Waals surface area contributed by atoms with Crippen LogP contribution in [0.15, 0.2) is 0 Å². The zero-order chi connectivity index (χ0) is 4.50. The van der Waals surface area contributed by atoms with E-state index < -0.39 is 7.25 Å². The van der Waals surface area contributed by atoms with Crippen molar-refractivity contribution in [1.82, 2.24) is 0 Å². The molecule has 0 N–H and O–H groups in total. The van der Waals surface area contributed by atoms with Crippen molar-refractivity contribution >= 4 is 7.25 Å². The summed E-state index contributed by atoms with van der Waals surface area (Å²) in [6.07, 6.45) is 0. The molecule has 0 aromatic carbocycles. The fourth-order valence-electron chi connectivity index (χ4n) is 0. The molecule has 0 heterocycles. The summed E-state index contributed by atoms with van der Waals surface area (Å²) in [7, 11) is -6.00. The minimum Gasteiger partial charge on any atom is -0.418 e. The Hall–Kier alpha value is 0.980. The van der Waals surface area contributed by atoms with Gasteiger partial charge in [-0.05, 0) is 0 Å². The van der Waals surface area contributed by atoms with Gasteiger partial charge < -0.3 is 17.3 Å². The van der Waals surface area contributed by atoms with Gasteiger partial charge in [0.2, 0.25) is 0 Å². The van der Waals surface area contributed by atoms with Crippen molar-refractivity contribution < 1.29 is 52.9 Å². The van der Waals surface area contributed by atoms with Gasteiger partial charge in [-0.15, -0.1) is 0 Å². The van der Waals surface area contributed by atoms with Gasteiger partial charge in [0.05, 0.1) is 0 Å². The van der Waals surface area contributed by atoms with Gasteiger partial charge in [0.15, 0.2) is 0 Å². The van der Waals surface area contributed by atoms with E-state index in [1.165, 1.54) is 0 Å². The van der Waals surface area contributed by atoms with Crippen LogP contribution in [0.4, 0.5) is 17.3 Å². The molecule has 6 heavy (non-hydrogen) atoms. The second-order valence-electron chi connectivity index (χ2n) is 0.495. The summed E-state index contributed by atoms with van der Waals surface area (Å²) in [6, 6.07) is 0. The smallest absolute Gasteiger partial charge is 0.418 e. The van der Waals surface area contributed by atoms with Crippen LogP contribution in [0.1, 0.15) is 0 Å². The van der Waals surface area contributed by atoms with E-state index in [2.05, 4.69) is 0 Å². The molecular weight excluding hydrogens is 226 g/mol. The van der Waals surface area contributed by atoms with E-state index in [1.807, 2.05) is 0 Å². The Morgan fingerprint density at radius 2 is 0.833 bits per heavy atom. The van der Waals surface area contributed by atoms with Crippen molar-refractivity contribution in [2.45, 2.75) is 0 Å². The second kappa shape index (κ2) is 3.04. The summed E-state index contributed by atoms with van der Waals surface area (Å²) in [5, 5.41) is 0. The molecule has 0 rings (SSSR count). The van der Waals surface area contributed by atoms with Gasteiger partial charge >= 0.3 is 7.25 Å². The van der Waals surface area contributed by atoms with Crippen molar-refractivity contribution in [1.29, 1.82) is 0 Å². The molecule has 0 aromatic heterocycles. The minimum atomic E-state index is -6.00. The van der Waals surface area contributed by atoms with E-state index in [4.69, 9.17) is 0 Å². The molecule has 0 atom stereocenters. The SMILES string of the molecule is F[B-](F)(F)F.[La]. The normalized spacial score (nSPS) is 10.0. The second-order valence-corrected chi connectivity index (χ2v) is 0.495. The molecule has 0 bridgehead atoms. The van der Waals surface area contributed by atoms with E-state index >= 15 is 0 Å². The molecule has 0 unspecified atom stereocenters. The minimum absolute atomic E-state index is 0. The fraction of sp³-hybridized carbons (Fsp3) is 0. The predicted molar refractivity (Wildman–Crippen MR) is 10.2 cm³/mol. The van der Waals surface area contributed by atoms with E-state index in [0.717, 1.165) is 0 Å². The number of halogens is 4. The Balaban J connectivity index is 0. The summed E-state index contributed by atoms with van der Waals surface area (Å²) >= 11 is 0. The monoisotopic (exact) mass is 226 g/mol. The van der Waals surface area contributed by atoms with Crippen LogP contribution in [0.3, 0.4) is 0 Å². The molecule has 0 nitrogen and oxygen atoms in total. The van der Waals surface area contributed by atoms with Crippen LogP contribution in [0.5, 0.6) is 0 Å². The zero-order valence-electron chi connectivity index (χ0n) is 2.67. The van der Waals surface area contributed by atoms with Crippen LogP contribution in [0.2, 0.25) is 0 Å².